The number of aromatic nitrogens is 1. The molecule has 1 aromatic heterocycles. The zero-order chi connectivity index (χ0) is 23.0. The van der Waals surface area contributed by atoms with E-state index in [1.165, 1.54) is 11.6 Å². The summed E-state index contributed by atoms with van der Waals surface area (Å²) in [5.41, 5.74) is 3.65. The van der Waals surface area contributed by atoms with E-state index in [-0.39, 0.29) is 23.5 Å². The first-order valence-electron chi connectivity index (χ1n) is 10.7. The van der Waals surface area contributed by atoms with Crippen LogP contribution in [0.15, 0.2) is 60.7 Å². The molecule has 0 atom stereocenters. The third-order valence-electron chi connectivity index (χ3n) is 5.79. The van der Waals surface area contributed by atoms with Gasteiger partial charge in [0.1, 0.15) is 5.75 Å². The number of aryl methyl sites for hydroxylation is 1. The van der Waals surface area contributed by atoms with Gasteiger partial charge in [-0.25, -0.2) is 0 Å². The van der Waals surface area contributed by atoms with Gasteiger partial charge in [0.05, 0.1) is 4.92 Å². The van der Waals surface area contributed by atoms with Gasteiger partial charge < -0.3 is 9.30 Å². The predicted octanol–water partition coefficient (Wildman–Crippen LogP) is 6.28. The van der Waals surface area contributed by atoms with Crippen molar-refractivity contribution in [1.29, 1.82) is 0 Å². The molecule has 0 N–H and O–H groups in total. The zero-order valence-corrected chi connectivity index (χ0v) is 18.7. The molecule has 0 aliphatic heterocycles. The molecule has 0 unspecified atom stereocenters. The van der Waals surface area contributed by atoms with E-state index in [1.807, 2.05) is 43.3 Å². The summed E-state index contributed by atoms with van der Waals surface area (Å²) in [6, 6.07) is 18.1. The maximum atomic E-state index is 12.8. The minimum atomic E-state index is -0.400. The van der Waals surface area contributed by atoms with E-state index >= 15 is 0 Å². The van der Waals surface area contributed by atoms with Crippen LogP contribution in [0.5, 0.6) is 5.75 Å². The second-order valence-corrected chi connectivity index (χ2v) is 8.92. The number of ether oxygens (including phenoxy) is 1. The molecule has 4 aromatic rings. The number of nitrogens with zero attached hydrogens (tertiary/aromatic N) is 2. The number of carbonyl (C=O) groups is 1. The Kier molecular flexibility index (Phi) is 5.46. The smallest absolute Gasteiger partial charge is 0.270 e. The Balaban J connectivity index is 1.62. The molecule has 0 spiro atoms. The fourth-order valence-corrected chi connectivity index (χ4v) is 4.00. The van der Waals surface area contributed by atoms with Crippen LogP contribution in [0.1, 0.15) is 43.6 Å². The van der Waals surface area contributed by atoms with Crippen molar-refractivity contribution in [3.63, 3.8) is 0 Å². The summed E-state index contributed by atoms with van der Waals surface area (Å²) in [7, 11) is 0. The minimum absolute atomic E-state index is 0.0337. The molecule has 1 heterocycles. The van der Waals surface area contributed by atoms with E-state index in [0.29, 0.717) is 11.3 Å². The van der Waals surface area contributed by atoms with Crippen molar-refractivity contribution < 1.29 is 14.5 Å². The highest BCUT2D eigenvalue weighted by molar-refractivity contribution is 6.11. The van der Waals surface area contributed by atoms with Crippen LogP contribution in [0, 0.1) is 10.1 Å². The SMILES string of the molecule is CCn1c2ccc(C(=O)COc3ccc(C(C)(C)C)cc3)cc2c2cc([N+](=O)[O-])ccc21. The first kappa shape index (κ1) is 21.6. The van der Waals surface area contributed by atoms with Crippen LogP contribution in [-0.4, -0.2) is 21.9 Å². The molecule has 0 radical (unpaired) electrons. The molecular formula is C26H26N2O4. The average Bonchev–Trinajstić information content (AvgIpc) is 3.09. The van der Waals surface area contributed by atoms with Crippen molar-refractivity contribution in [3.8, 4) is 5.75 Å². The van der Waals surface area contributed by atoms with Crippen molar-refractivity contribution in [1.82, 2.24) is 4.57 Å². The number of nitro groups is 1. The Morgan fingerprint density at radius 3 is 2.19 bits per heavy atom. The molecule has 0 fully saturated rings. The maximum Gasteiger partial charge on any atom is 0.270 e. The van der Waals surface area contributed by atoms with Crippen LogP contribution in [0.3, 0.4) is 0 Å². The molecule has 0 amide bonds. The summed E-state index contributed by atoms with van der Waals surface area (Å²) in [6.07, 6.45) is 0. The third kappa shape index (κ3) is 3.96. The number of carbonyl (C=O) groups excluding carboxylic acids is 1. The fourth-order valence-electron chi connectivity index (χ4n) is 4.00. The van der Waals surface area contributed by atoms with E-state index in [4.69, 9.17) is 4.74 Å². The number of hydrogen-bond donors (Lipinski definition) is 0. The summed E-state index contributed by atoms with van der Waals surface area (Å²) in [5.74, 6) is 0.500. The number of non-ortho nitro benzene ring substituents is 1. The summed E-state index contributed by atoms with van der Waals surface area (Å²) < 4.78 is 7.82. The van der Waals surface area contributed by atoms with Crippen LogP contribution >= 0.6 is 0 Å². The second kappa shape index (κ2) is 8.11. The first-order valence-corrected chi connectivity index (χ1v) is 10.7. The molecule has 0 aliphatic carbocycles. The van der Waals surface area contributed by atoms with Gasteiger partial charge in [0.2, 0.25) is 0 Å². The topological polar surface area (TPSA) is 74.4 Å². The van der Waals surface area contributed by atoms with Crippen molar-refractivity contribution in [2.24, 2.45) is 0 Å². The number of fused-ring (bicyclic) bond motifs is 3. The van der Waals surface area contributed by atoms with Gasteiger partial charge in [-0.3, -0.25) is 14.9 Å². The van der Waals surface area contributed by atoms with Gasteiger partial charge >= 0.3 is 0 Å². The lowest BCUT2D eigenvalue weighted by Gasteiger charge is -2.19. The summed E-state index contributed by atoms with van der Waals surface area (Å²) in [6.45, 7) is 9.11. The van der Waals surface area contributed by atoms with Gasteiger partial charge in [-0.15, -0.1) is 0 Å². The Hall–Kier alpha value is -3.67. The van der Waals surface area contributed by atoms with Gasteiger partial charge in [0, 0.05) is 46.0 Å². The highest BCUT2D eigenvalue weighted by Crippen LogP contribution is 2.32. The fraction of sp³-hybridized carbons (Fsp3) is 0.269. The molecule has 0 bridgehead atoms. The number of Topliss-reactive ketones (excluding diaryl/α,β-unsaturated/α-hetero) is 1. The summed E-state index contributed by atoms with van der Waals surface area (Å²) in [5, 5.41) is 12.8. The van der Waals surface area contributed by atoms with Crippen molar-refractivity contribution in [3.05, 3.63) is 81.9 Å². The Morgan fingerprint density at radius 2 is 1.59 bits per heavy atom. The lowest BCUT2D eigenvalue weighted by Crippen LogP contribution is -2.13. The highest BCUT2D eigenvalue weighted by atomic mass is 16.6. The van der Waals surface area contributed by atoms with Crippen LogP contribution < -0.4 is 4.74 Å². The third-order valence-corrected chi connectivity index (χ3v) is 5.79. The monoisotopic (exact) mass is 430 g/mol. The van der Waals surface area contributed by atoms with Crippen molar-refractivity contribution >= 4 is 33.3 Å². The standard InChI is InChI=1S/C26H26N2O4/c1-5-27-23-12-6-17(14-21(23)22-15-19(28(30)31)9-13-24(22)27)25(29)16-32-20-10-7-18(8-11-20)26(2,3)4/h6-15H,5,16H2,1-4H3. The average molecular weight is 431 g/mol. The first-order chi connectivity index (χ1) is 15.2. The van der Waals surface area contributed by atoms with Gasteiger partial charge in [-0.1, -0.05) is 32.9 Å². The minimum Gasteiger partial charge on any atom is -0.485 e. The van der Waals surface area contributed by atoms with E-state index in [2.05, 4.69) is 25.3 Å². The van der Waals surface area contributed by atoms with Gasteiger partial charge in [-0.2, -0.15) is 0 Å². The van der Waals surface area contributed by atoms with Crippen LogP contribution in [-0.2, 0) is 12.0 Å². The van der Waals surface area contributed by atoms with Gasteiger partial charge in [0.15, 0.2) is 12.4 Å². The summed E-state index contributed by atoms with van der Waals surface area (Å²) in [4.78, 5) is 23.7. The van der Waals surface area contributed by atoms with E-state index in [0.717, 1.165) is 28.4 Å². The number of rotatable bonds is 6. The Labute approximate surface area is 186 Å². The van der Waals surface area contributed by atoms with E-state index in [1.54, 1.807) is 18.2 Å². The largest absolute Gasteiger partial charge is 0.485 e. The molecule has 0 saturated heterocycles. The maximum absolute atomic E-state index is 12.8. The van der Waals surface area contributed by atoms with Crippen molar-refractivity contribution in [2.45, 2.75) is 39.7 Å². The molecular weight excluding hydrogens is 404 g/mol. The van der Waals surface area contributed by atoms with E-state index < -0.39 is 4.92 Å². The molecule has 0 saturated carbocycles. The Bertz CT molecular complexity index is 1330. The number of nitro benzene ring substituents is 1. The lowest BCUT2D eigenvalue weighted by molar-refractivity contribution is -0.384. The molecule has 164 valence electrons. The van der Waals surface area contributed by atoms with Crippen LogP contribution in [0.2, 0.25) is 0 Å². The zero-order valence-electron chi connectivity index (χ0n) is 18.7. The van der Waals surface area contributed by atoms with Gasteiger partial charge in [0.25, 0.3) is 5.69 Å². The quantitative estimate of drug-likeness (QED) is 0.205. The Morgan fingerprint density at radius 1 is 0.969 bits per heavy atom. The molecule has 6 heteroatoms. The molecule has 4 rings (SSSR count). The summed E-state index contributed by atoms with van der Waals surface area (Å²) >= 11 is 0. The molecule has 6 nitrogen and oxygen atoms in total. The van der Waals surface area contributed by atoms with Crippen molar-refractivity contribution in [2.75, 3.05) is 6.61 Å². The second-order valence-electron chi connectivity index (χ2n) is 8.92. The lowest BCUT2D eigenvalue weighted by atomic mass is 9.87. The van der Waals surface area contributed by atoms with Crippen LogP contribution in [0.4, 0.5) is 5.69 Å². The predicted molar refractivity (Wildman–Crippen MR) is 127 cm³/mol. The normalized spacial score (nSPS) is 11.8. The molecule has 0 aliphatic rings. The van der Waals surface area contributed by atoms with E-state index in [9.17, 15) is 14.9 Å². The van der Waals surface area contributed by atoms with Crippen LogP contribution in [0.25, 0.3) is 21.8 Å². The van der Waals surface area contributed by atoms with Gasteiger partial charge in [-0.05, 0) is 54.3 Å². The number of ketones is 1. The molecule has 3 aromatic carbocycles. The number of benzene rings is 3. The highest BCUT2D eigenvalue weighted by Gasteiger charge is 2.17. The molecule has 32 heavy (non-hydrogen) atoms. The number of hydrogen-bond acceptors (Lipinski definition) is 4.